The summed E-state index contributed by atoms with van der Waals surface area (Å²) in [7, 11) is 0. The van der Waals surface area contributed by atoms with Crippen LogP contribution in [0.2, 0.25) is 0 Å². The maximum absolute atomic E-state index is 11.4. The van der Waals surface area contributed by atoms with Crippen LogP contribution in [0, 0.1) is 5.41 Å². The predicted octanol–water partition coefficient (Wildman–Crippen LogP) is 2.52. The van der Waals surface area contributed by atoms with E-state index in [2.05, 4.69) is 6.92 Å². The molecule has 1 fully saturated rings. The molecule has 0 bridgehead atoms. The Hall–Kier alpha value is -0.530. The zero-order valence-corrected chi connectivity index (χ0v) is 8.22. The van der Waals surface area contributed by atoms with E-state index in [4.69, 9.17) is 4.74 Å². The summed E-state index contributed by atoms with van der Waals surface area (Å²) in [6.07, 6.45) is 4.30. The molecule has 1 aliphatic heterocycles. The molecule has 0 amide bonds. The lowest BCUT2D eigenvalue weighted by molar-refractivity contribution is -0.167. The highest BCUT2D eigenvalue weighted by Crippen LogP contribution is 2.32. The molecule has 0 aromatic heterocycles. The fourth-order valence-corrected chi connectivity index (χ4v) is 1.52. The molecule has 0 N–H and O–H groups in total. The molecule has 2 nitrogen and oxygen atoms in total. The summed E-state index contributed by atoms with van der Waals surface area (Å²) in [4.78, 5) is 11.4. The molecule has 0 aliphatic carbocycles. The van der Waals surface area contributed by atoms with E-state index in [0.717, 1.165) is 25.7 Å². The maximum Gasteiger partial charge on any atom is 0.311 e. The minimum atomic E-state index is -0.246. The van der Waals surface area contributed by atoms with Crippen molar-refractivity contribution >= 4 is 5.97 Å². The van der Waals surface area contributed by atoms with Crippen LogP contribution in [0.25, 0.3) is 0 Å². The van der Waals surface area contributed by atoms with Crippen molar-refractivity contribution in [3.05, 3.63) is 0 Å². The lowest BCUT2D eigenvalue weighted by Gasteiger charge is -2.32. The molecule has 0 saturated carbocycles. The van der Waals surface area contributed by atoms with Crippen LogP contribution < -0.4 is 0 Å². The molecule has 70 valence electrons. The van der Waals surface area contributed by atoms with Crippen molar-refractivity contribution in [3.8, 4) is 0 Å². The normalized spacial score (nSPS) is 28.2. The molecule has 0 radical (unpaired) electrons. The summed E-state index contributed by atoms with van der Waals surface area (Å²) in [6.45, 7) is 6.03. The zero-order valence-electron chi connectivity index (χ0n) is 8.22. The van der Waals surface area contributed by atoms with Crippen LogP contribution in [-0.4, -0.2) is 12.1 Å². The highest BCUT2D eigenvalue weighted by Gasteiger charge is 2.36. The van der Waals surface area contributed by atoms with Gasteiger partial charge in [-0.2, -0.15) is 0 Å². The van der Waals surface area contributed by atoms with Crippen LogP contribution in [0.4, 0.5) is 0 Å². The van der Waals surface area contributed by atoms with Crippen molar-refractivity contribution < 1.29 is 9.53 Å². The standard InChI is InChI=1S/C10H18O2/c1-4-5-8-6-7-10(2,3)9(11)12-8/h8H,4-7H2,1-3H3. The topological polar surface area (TPSA) is 26.3 Å². The molecule has 0 spiro atoms. The summed E-state index contributed by atoms with van der Waals surface area (Å²) in [5, 5.41) is 0. The Morgan fingerprint density at radius 2 is 2.25 bits per heavy atom. The summed E-state index contributed by atoms with van der Waals surface area (Å²) < 4.78 is 5.30. The van der Waals surface area contributed by atoms with Gasteiger partial charge in [0.1, 0.15) is 6.10 Å². The molecule has 1 saturated heterocycles. The highest BCUT2D eigenvalue weighted by atomic mass is 16.5. The first-order valence-corrected chi connectivity index (χ1v) is 4.77. The summed E-state index contributed by atoms with van der Waals surface area (Å²) in [5.41, 5.74) is -0.246. The van der Waals surface area contributed by atoms with Crippen molar-refractivity contribution in [2.45, 2.75) is 52.6 Å². The van der Waals surface area contributed by atoms with E-state index in [1.807, 2.05) is 13.8 Å². The van der Waals surface area contributed by atoms with Gasteiger partial charge in [-0.15, -0.1) is 0 Å². The average molecular weight is 170 g/mol. The van der Waals surface area contributed by atoms with Crippen molar-refractivity contribution in [3.63, 3.8) is 0 Å². The number of hydrogen-bond donors (Lipinski definition) is 0. The minimum Gasteiger partial charge on any atom is -0.462 e. The van der Waals surface area contributed by atoms with E-state index in [1.165, 1.54) is 0 Å². The molecular formula is C10H18O2. The third kappa shape index (κ3) is 1.99. The Morgan fingerprint density at radius 3 is 2.75 bits per heavy atom. The Bertz CT molecular complexity index is 173. The first-order valence-electron chi connectivity index (χ1n) is 4.77. The van der Waals surface area contributed by atoms with Crippen molar-refractivity contribution in [1.29, 1.82) is 0 Å². The van der Waals surface area contributed by atoms with Crippen LogP contribution in [-0.2, 0) is 9.53 Å². The van der Waals surface area contributed by atoms with Gasteiger partial charge in [-0.3, -0.25) is 4.79 Å². The molecule has 1 heterocycles. The van der Waals surface area contributed by atoms with Crippen LogP contribution in [0.15, 0.2) is 0 Å². The van der Waals surface area contributed by atoms with Crippen LogP contribution in [0.3, 0.4) is 0 Å². The minimum absolute atomic E-state index is 0.0211. The van der Waals surface area contributed by atoms with Crippen molar-refractivity contribution in [2.24, 2.45) is 5.41 Å². The average Bonchev–Trinajstić information content (AvgIpc) is 1.98. The van der Waals surface area contributed by atoms with Gasteiger partial charge in [0, 0.05) is 0 Å². The summed E-state index contributed by atoms with van der Waals surface area (Å²) >= 11 is 0. The summed E-state index contributed by atoms with van der Waals surface area (Å²) in [5.74, 6) is -0.0211. The zero-order chi connectivity index (χ0) is 9.19. The molecule has 0 aromatic carbocycles. The van der Waals surface area contributed by atoms with Gasteiger partial charge >= 0.3 is 5.97 Å². The molecule has 1 unspecified atom stereocenters. The van der Waals surface area contributed by atoms with E-state index in [1.54, 1.807) is 0 Å². The van der Waals surface area contributed by atoms with Gasteiger partial charge in [-0.05, 0) is 33.1 Å². The third-order valence-corrected chi connectivity index (χ3v) is 2.53. The monoisotopic (exact) mass is 170 g/mol. The molecule has 0 aromatic rings. The van der Waals surface area contributed by atoms with Crippen molar-refractivity contribution in [2.75, 3.05) is 0 Å². The van der Waals surface area contributed by atoms with Gasteiger partial charge in [0.25, 0.3) is 0 Å². The van der Waals surface area contributed by atoms with Crippen LogP contribution in [0.1, 0.15) is 46.5 Å². The van der Waals surface area contributed by atoms with Gasteiger partial charge in [-0.1, -0.05) is 13.3 Å². The third-order valence-electron chi connectivity index (χ3n) is 2.53. The molecule has 2 heteroatoms. The van der Waals surface area contributed by atoms with Gasteiger partial charge in [0.05, 0.1) is 5.41 Å². The number of carbonyl (C=O) groups excluding carboxylic acids is 1. The number of hydrogen-bond acceptors (Lipinski definition) is 2. The van der Waals surface area contributed by atoms with E-state index in [0.29, 0.717) is 0 Å². The number of ether oxygens (including phenoxy) is 1. The Labute approximate surface area is 74.3 Å². The molecule has 1 atom stereocenters. The van der Waals surface area contributed by atoms with Gasteiger partial charge in [0.2, 0.25) is 0 Å². The SMILES string of the molecule is CCCC1CCC(C)(C)C(=O)O1. The number of carbonyl (C=O) groups is 1. The second-order valence-corrected chi connectivity index (χ2v) is 4.24. The van der Waals surface area contributed by atoms with Gasteiger partial charge in [-0.25, -0.2) is 0 Å². The smallest absolute Gasteiger partial charge is 0.311 e. The first kappa shape index (κ1) is 9.56. The maximum atomic E-state index is 11.4. The Morgan fingerprint density at radius 1 is 1.58 bits per heavy atom. The lowest BCUT2D eigenvalue weighted by Crippen LogP contribution is -2.36. The number of rotatable bonds is 2. The van der Waals surface area contributed by atoms with Gasteiger partial charge in [0.15, 0.2) is 0 Å². The Balaban J connectivity index is 2.47. The lowest BCUT2D eigenvalue weighted by atomic mass is 9.84. The summed E-state index contributed by atoms with van der Waals surface area (Å²) in [6, 6.07) is 0. The van der Waals surface area contributed by atoms with Crippen molar-refractivity contribution in [1.82, 2.24) is 0 Å². The highest BCUT2D eigenvalue weighted by molar-refractivity contribution is 5.76. The molecule has 1 aliphatic rings. The number of esters is 1. The second-order valence-electron chi connectivity index (χ2n) is 4.24. The predicted molar refractivity (Wildman–Crippen MR) is 47.8 cm³/mol. The van der Waals surface area contributed by atoms with E-state index in [-0.39, 0.29) is 17.5 Å². The quantitative estimate of drug-likeness (QED) is 0.595. The van der Waals surface area contributed by atoms with E-state index >= 15 is 0 Å². The first-order chi connectivity index (χ1) is 5.56. The fraction of sp³-hybridized carbons (Fsp3) is 0.900. The number of cyclic esters (lactones) is 1. The second kappa shape index (κ2) is 3.46. The fourth-order valence-electron chi connectivity index (χ4n) is 1.52. The Kier molecular flexibility index (Phi) is 2.76. The van der Waals surface area contributed by atoms with Gasteiger partial charge < -0.3 is 4.74 Å². The van der Waals surface area contributed by atoms with Crippen LogP contribution >= 0.6 is 0 Å². The molecule has 1 rings (SSSR count). The van der Waals surface area contributed by atoms with E-state index < -0.39 is 0 Å². The molecular weight excluding hydrogens is 152 g/mol. The molecule has 12 heavy (non-hydrogen) atoms. The van der Waals surface area contributed by atoms with E-state index in [9.17, 15) is 4.79 Å². The largest absolute Gasteiger partial charge is 0.462 e. The van der Waals surface area contributed by atoms with Crippen LogP contribution in [0.5, 0.6) is 0 Å².